The molecule has 0 radical (unpaired) electrons. The largest absolute Gasteiger partial charge is 0.508 e. The van der Waals surface area contributed by atoms with E-state index in [4.69, 9.17) is 10.2 Å². The van der Waals surface area contributed by atoms with Crippen molar-refractivity contribution in [3.63, 3.8) is 0 Å². The minimum atomic E-state index is 0.216. The molecule has 2 nitrogen and oxygen atoms in total. The topological polar surface area (TPSA) is 40.5 Å². The van der Waals surface area contributed by atoms with Crippen LogP contribution in [0.1, 0.15) is 0 Å². The Kier molecular flexibility index (Phi) is 3.92. The van der Waals surface area contributed by atoms with E-state index >= 15 is 0 Å². The highest BCUT2D eigenvalue weighted by molar-refractivity contribution is 5.85. The summed E-state index contributed by atoms with van der Waals surface area (Å²) in [7, 11) is 0. The molecule has 0 saturated heterocycles. The number of fused-ring (bicyclic) bond motifs is 2. The summed E-state index contributed by atoms with van der Waals surface area (Å²) >= 11 is 0. The van der Waals surface area contributed by atoms with Crippen LogP contribution >= 0.6 is 0 Å². The van der Waals surface area contributed by atoms with Crippen LogP contribution in [0.2, 0.25) is 0 Å². The minimum absolute atomic E-state index is 0.216. The molecule has 0 aromatic heterocycles. The molecule has 0 fully saturated rings. The Bertz CT molecular complexity index is 811. The highest BCUT2D eigenvalue weighted by atomic mass is 16.3. The first-order valence-corrected chi connectivity index (χ1v) is 7.08. The van der Waals surface area contributed by atoms with Crippen molar-refractivity contribution in [1.29, 1.82) is 0 Å². The van der Waals surface area contributed by atoms with Crippen molar-refractivity contribution >= 4 is 21.5 Å². The standard InChI is InChI=1S/C10H8O2.C10H8/c11-9-3-1-7-2-4-10(12)6-8(7)5-9;1-2-6-10-8-4-3-7-9(10)5-1/h1-6,11-12H;1-8H. The first kappa shape index (κ1) is 14.0. The third-order valence-electron chi connectivity index (χ3n) is 3.47. The van der Waals surface area contributed by atoms with Crippen molar-refractivity contribution in [3.8, 4) is 11.5 Å². The molecule has 0 aliphatic rings. The van der Waals surface area contributed by atoms with Gasteiger partial charge in [0, 0.05) is 0 Å². The van der Waals surface area contributed by atoms with Crippen LogP contribution in [-0.4, -0.2) is 10.2 Å². The average Bonchev–Trinajstić information content (AvgIpc) is 2.55. The van der Waals surface area contributed by atoms with Crippen LogP contribution in [0.4, 0.5) is 0 Å². The Balaban J connectivity index is 0.000000133. The van der Waals surface area contributed by atoms with Gasteiger partial charge in [0.05, 0.1) is 0 Å². The van der Waals surface area contributed by atoms with Crippen LogP contribution in [0.5, 0.6) is 11.5 Å². The second-order valence-corrected chi connectivity index (χ2v) is 5.06. The van der Waals surface area contributed by atoms with E-state index < -0.39 is 0 Å². The van der Waals surface area contributed by atoms with Gasteiger partial charge in [0.2, 0.25) is 0 Å². The maximum atomic E-state index is 9.14. The molecular formula is C20H16O2. The number of rotatable bonds is 0. The molecule has 0 unspecified atom stereocenters. The summed E-state index contributed by atoms with van der Waals surface area (Å²) in [5.41, 5.74) is 0. The van der Waals surface area contributed by atoms with E-state index in [1.807, 2.05) is 12.1 Å². The molecule has 0 aliphatic carbocycles. The van der Waals surface area contributed by atoms with Crippen LogP contribution in [0, 0.1) is 0 Å². The number of hydrogen-bond donors (Lipinski definition) is 2. The Morgan fingerprint density at radius 1 is 0.409 bits per heavy atom. The molecule has 0 saturated carbocycles. The van der Waals surface area contributed by atoms with Gasteiger partial charge >= 0.3 is 0 Å². The Labute approximate surface area is 128 Å². The first-order chi connectivity index (χ1) is 10.7. The third kappa shape index (κ3) is 3.18. The van der Waals surface area contributed by atoms with Gasteiger partial charge in [0.25, 0.3) is 0 Å². The smallest absolute Gasteiger partial charge is 0.116 e. The Morgan fingerprint density at radius 3 is 1.18 bits per heavy atom. The number of phenolic OH excluding ortho intramolecular Hbond substituents is 2. The summed E-state index contributed by atoms with van der Waals surface area (Å²) in [6.45, 7) is 0. The Hall–Kier alpha value is -3.00. The van der Waals surface area contributed by atoms with Crippen molar-refractivity contribution in [2.75, 3.05) is 0 Å². The van der Waals surface area contributed by atoms with Gasteiger partial charge < -0.3 is 10.2 Å². The zero-order chi connectivity index (χ0) is 15.4. The summed E-state index contributed by atoms with van der Waals surface area (Å²) < 4.78 is 0. The highest BCUT2D eigenvalue weighted by Crippen LogP contribution is 2.23. The predicted molar refractivity (Wildman–Crippen MR) is 91.2 cm³/mol. The highest BCUT2D eigenvalue weighted by Gasteiger charge is 1.95. The summed E-state index contributed by atoms with van der Waals surface area (Å²) in [6, 6.07) is 26.8. The number of benzene rings is 4. The second kappa shape index (κ2) is 6.19. The van der Waals surface area contributed by atoms with Crippen LogP contribution in [0.3, 0.4) is 0 Å². The quantitative estimate of drug-likeness (QED) is 0.473. The fourth-order valence-electron chi connectivity index (χ4n) is 2.35. The second-order valence-electron chi connectivity index (χ2n) is 5.06. The molecule has 22 heavy (non-hydrogen) atoms. The van der Waals surface area contributed by atoms with Gasteiger partial charge in [-0.25, -0.2) is 0 Å². The lowest BCUT2D eigenvalue weighted by molar-refractivity contribution is 0.474. The average molecular weight is 288 g/mol. The van der Waals surface area contributed by atoms with E-state index in [1.165, 1.54) is 10.8 Å². The Morgan fingerprint density at radius 2 is 0.773 bits per heavy atom. The van der Waals surface area contributed by atoms with Crippen molar-refractivity contribution in [2.45, 2.75) is 0 Å². The number of aromatic hydroxyl groups is 2. The molecule has 4 rings (SSSR count). The van der Waals surface area contributed by atoms with Crippen LogP contribution in [0.15, 0.2) is 84.9 Å². The number of phenols is 2. The molecule has 2 N–H and O–H groups in total. The van der Waals surface area contributed by atoms with Crippen molar-refractivity contribution in [3.05, 3.63) is 84.9 Å². The lowest BCUT2D eigenvalue weighted by atomic mass is 10.1. The van der Waals surface area contributed by atoms with E-state index in [9.17, 15) is 0 Å². The van der Waals surface area contributed by atoms with Crippen LogP contribution in [0.25, 0.3) is 21.5 Å². The van der Waals surface area contributed by atoms with Crippen LogP contribution < -0.4 is 0 Å². The van der Waals surface area contributed by atoms with Crippen molar-refractivity contribution in [1.82, 2.24) is 0 Å². The fourth-order valence-corrected chi connectivity index (χ4v) is 2.35. The van der Waals surface area contributed by atoms with Gasteiger partial charge in [0.1, 0.15) is 11.5 Å². The van der Waals surface area contributed by atoms with Gasteiger partial charge in [-0.15, -0.1) is 0 Å². The lowest BCUT2D eigenvalue weighted by Crippen LogP contribution is -1.71. The first-order valence-electron chi connectivity index (χ1n) is 7.08. The maximum absolute atomic E-state index is 9.14. The SMILES string of the molecule is Oc1ccc2ccc(O)cc2c1.c1ccc2ccccc2c1. The summed E-state index contributed by atoms with van der Waals surface area (Å²) in [5.74, 6) is 0.432. The lowest BCUT2D eigenvalue weighted by Gasteiger charge is -1.98. The normalized spacial score (nSPS) is 10.2. The molecular weight excluding hydrogens is 272 g/mol. The molecule has 0 heterocycles. The molecule has 4 aromatic rings. The molecule has 108 valence electrons. The monoisotopic (exact) mass is 288 g/mol. The van der Waals surface area contributed by atoms with Crippen molar-refractivity contribution in [2.24, 2.45) is 0 Å². The summed E-state index contributed by atoms with van der Waals surface area (Å²) in [5, 5.41) is 22.7. The van der Waals surface area contributed by atoms with Gasteiger partial charge in [-0.1, -0.05) is 60.7 Å². The van der Waals surface area contributed by atoms with Gasteiger partial charge in [0.15, 0.2) is 0 Å². The molecule has 2 heteroatoms. The summed E-state index contributed by atoms with van der Waals surface area (Å²) in [6.07, 6.45) is 0. The predicted octanol–water partition coefficient (Wildman–Crippen LogP) is 5.09. The maximum Gasteiger partial charge on any atom is 0.116 e. The van der Waals surface area contributed by atoms with Gasteiger partial charge in [-0.05, 0) is 45.8 Å². The summed E-state index contributed by atoms with van der Waals surface area (Å²) in [4.78, 5) is 0. The molecule has 0 amide bonds. The van der Waals surface area contributed by atoms with Gasteiger partial charge in [-0.3, -0.25) is 0 Å². The molecule has 0 aliphatic heterocycles. The molecule has 0 atom stereocenters. The zero-order valence-corrected chi connectivity index (χ0v) is 12.0. The van der Waals surface area contributed by atoms with Crippen LogP contribution in [-0.2, 0) is 0 Å². The third-order valence-corrected chi connectivity index (χ3v) is 3.47. The van der Waals surface area contributed by atoms with E-state index in [1.54, 1.807) is 24.3 Å². The van der Waals surface area contributed by atoms with E-state index in [0.29, 0.717) is 0 Å². The van der Waals surface area contributed by atoms with E-state index in [2.05, 4.69) is 48.5 Å². The molecule has 0 bridgehead atoms. The molecule has 0 spiro atoms. The van der Waals surface area contributed by atoms with E-state index in [-0.39, 0.29) is 11.5 Å². The minimum Gasteiger partial charge on any atom is -0.508 e. The fraction of sp³-hybridized carbons (Fsp3) is 0. The van der Waals surface area contributed by atoms with Gasteiger partial charge in [-0.2, -0.15) is 0 Å². The number of hydrogen-bond acceptors (Lipinski definition) is 2. The molecule has 4 aromatic carbocycles. The zero-order valence-electron chi connectivity index (χ0n) is 12.0. The van der Waals surface area contributed by atoms with E-state index in [0.717, 1.165) is 10.8 Å². The van der Waals surface area contributed by atoms with Crippen molar-refractivity contribution < 1.29 is 10.2 Å².